The highest BCUT2D eigenvalue weighted by Crippen LogP contribution is 2.18. The van der Waals surface area contributed by atoms with Gasteiger partial charge in [-0.05, 0) is 37.0 Å². The zero-order valence-electron chi connectivity index (χ0n) is 11.2. The molecule has 100 valence electrons. The molecule has 4 N–H and O–H groups in total. The smallest absolute Gasteiger partial charge is 0.255 e. The van der Waals surface area contributed by atoms with E-state index in [0.29, 0.717) is 12.5 Å². The summed E-state index contributed by atoms with van der Waals surface area (Å²) in [5.41, 5.74) is 7.09. The van der Waals surface area contributed by atoms with Gasteiger partial charge in [-0.2, -0.15) is 0 Å². The van der Waals surface area contributed by atoms with Gasteiger partial charge in [-0.15, -0.1) is 0 Å². The van der Waals surface area contributed by atoms with Gasteiger partial charge in [0.25, 0.3) is 5.91 Å². The van der Waals surface area contributed by atoms with E-state index in [1.807, 2.05) is 6.92 Å². The van der Waals surface area contributed by atoms with E-state index in [0.717, 1.165) is 12.0 Å². The van der Waals surface area contributed by atoms with Crippen LogP contribution in [0.3, 0.4) is 0 Å². The lowest BCUT2D eigenvalue weighted by Gasteiger charge is -2.15. The number of amides is 1. The summed E-state index contributed by atoms with van der Waals surface area (Å²) in [6, 6.07) is 4.93. The van der Waals surface area contributed by atoms with Crippen molar-refractivity contribution in [1.29, 1.82) is 0 Å². The predicted octanol–water partition coefficient (Wildman–Crippen LogP) is 1.80. The number of nitrogens with two attached hydrogens (primary N) is 1. The molecule has 0 radical (unpaired) electrons. The molecule has 0 bridgehead atoms. The number of carbonyl (C=O) groups is 1. The molecule has 1 aromatic rings. The number of aryl methyl sites for hydroxylation is 1. The lowest BCUT2D eigenvalue weighted by atomic mass is 10.0. The Balaban J connectivity index is 2.55. The van der Waals surface area contributed by atoms with E-state index < -0.39 is 0 Å². The number of nitrogens with one attached hydrogen (secondary N) is 1. The maximum Gasteiger partial charge on any atom is 0.255 e. The Hall–Kier alpha value is -1.55. The molecule has 0 fully saturated rings. The van der Waals surface area contributed by atoms with Crippen LogP contribution >= 0.6 is 0 Å². The van der Waals surface area contributed by atoms with Crippen LogP contribution in [0.1, 0.15) is 36.2 Å². The molecule has 0 heterocycles. The molecule has 1 rings (SSSR count). The molecular formula is C14H22N2O2. The normalized spacial score (nSPS) is 12.5. The van der Waals surface area contributed by atoms with E-state index in [2.05, 4.69) is 19.2 Å². The van der Waals surface area contributed by atoms with E-state index in [1.54, 1.807) is 18.2 Å². The molecule has 1 aromatic carbocycles. The summed E-state index contributed by atoms with van der Waals surface area (Å²) in [6.07, 6.45) is 0.861. The van der Waals surface area contributed by atoms with Crippen LogP contribution in [0.5, 0.6) is 5.75 Å². The van der Waals surface area contributed by atoms with Gasteiger partial charge in [0, 0.05) is 12.6 Å². The summed E-state index contributed by atoms with van der Waals surface area (Å²) >= 11 is 0. The van der Waals surface area contributed by atoms with Crippen molar-refractivity contribution >= 4 is 5.91 Å². The first-order valence-electron chi connectivity index (χ1n) is 6.23. The molecule has 0 aliphatic rings. The number of phenols is 1. The SMILES string of the molecule is Cc1ccc(C(=O)NCC(N)CC(C)C)c(O)c1. The summed E-state index contributed by atoms with van der Waals surface area (Å²) < 4.78 is 0. The van der Waals surface area contributed by atoms with Crippen molar-refractivity contribution in [2.24, 2.45) is 11.7 Å². The maximum atomic E-state index is 11.8. The Morgan fingerprint density at radius 1 is 1.44 bits per heavy atom. The molecule has 0 aliphatic carbocycles. The van der Waals surface area contributed by atoms with Crippen molar-refractivity contribution in [3.05, 3.63) is 29.3 Å². The third kappa shape index (κ3) is 4.37. The van der Waals surface area contributed by atoms with E-state index in [-0.39, 0.29) is 23.3 Å². The van der Waals surface area contributed by atoms with Crippen molar-refractivity contribution in [2.75, 3.05) is 6.54 Å². The third-order valence-corrected chi connectivity index (χ3v) is 2.70. The molecule has 4 nitrogen and oxygen atoms in total. The predicted molar refractivity (Wildman–Crippen MR) is 72.6 cm³/mol. The van der Waals surface area contributed by atoms with Crippen LogP contribution < -0.4 is 11.1 Å². The molecular weight excluding hydrogens is 228 g/mol. The third-order valence-electron chi connectivity index (χ3n) is 2.70. The molecule has 0 saturated carbocycles. The Morgan fingerprint density at radius 2 is 2.11 bits per heavy atom. The largest absolute Gasteiger partial charge is 0.507 e. The summed E-state index contributed by atoms with van der Waals surface area (Å²) in [5, 5.41) is 12.4. The lowest BCUT2D eigenvalue weighted by molar-refractivity contribution is 0.0947. The van der Waals surface area contributed by atoms with Crippen molar-refractivity contribution in [3.63, 3.8) is 0 Å². The van der Waals surface area contributed by atoms with Crippen molar-refractivity contribution in [2.45, 2.75) is 33.2 Å². The van der Waals surface area contributed by atoms with Gasteiger partial charge in [-0.25, -0.2) is 0 Å². The second-order valence-electron chi connectivity index (χ2n) is 5.12. The first-order chi connectivity index (χ1) is 8.40. The number of phenolic OH excluding ortho intramolecular Hbond substituents is 1. The minimum atomic E-state index is -0.285. The highest BCUT2D eigenvalue weighted by Gasteiger charge is 2.12. The summed E-state index contributed by atoms with van der Waals surface area (Å²) in [7, 11) is 0. The zero-order chi connectivity index (χ0) is 13.7. The summed E-state index contributed by atoms with van der Waals surface area (Å²) in [5.74, 6) is 0.223. The molecule has 1 unspecified atom stereocenters. The molecule has 1 amide bonds. The van der Waals surface area contributed by atoms with Crippen LogP contribution in [0, 0.1) is 12.8 Å². The van der Waals surface area contributed by atoms with Crippen LogP contribution in [0.15, 0.2) is 18.2 Å². The van der Waals surface area contributed by atoms with Gasteiger partial charge in [0.2, 0.25) is 0 Å². The molecule has 0 saturated heterocycles. The summed E-state index contributed by atoms with van der Waals surface area (Å²) in [6.45, 7) is 6.46. The Bertz CT molecular complexity index is 416. The van der Waals surface area contributed by atoms with E-state index >= 15 is 0 Å². The molecule has 0 aliphatic heterocycles. The van der Waals surface area contributed by atoms with Crippen LogP contribution in [0.4, 0.5) is 0 Å². The molecule has 1 atom stereocenters. The monoisotopic (exact) mass is 250 g/mol. The maximum absolute atomic E-state index is 11.8. The Morgan fingerprint density at radius 3 is 2.67 bits per heavy atom. The Kier molecular flexibility index (Phi) is 5.16. The second kappa shape index (κ2) is 6.40. The molecule has 18 heavy (non-hydrogen) atoms. The van der Waals surface area contributed by atoms with Gasteiger partial charge >= 0.3 is 0 Å². The van der Waals surface area contributed by atoms with E-state index in [4.69, 9.17) is 5.73 Å². The fourth-order valence-electron chi connectivity index (χ4n) is 1.84. The van der Waals surface area contributed by atoms with Gasteiger partial charge in [0.05, 0.1) is 5.56 Å². The standard InChI is InChI=1S/C14H22N2O2/c1-9(2)6-11(15)8-16-14(18)12-5-4-10(3)7-13(12)17/h4-5,7,9,11,17H,6,8,15H2,1-3H3,(H,16,18). The van der Waals surface area contributed by atoms with Crippen LogP contribution in [-0.4, -0.2) is 23.6 Å². The lowest BCUT2D eigenvalue weighted by Crippen LogP contribution is -2.38. The number of hydrogen-bond donors (Lipinski definition) is 3. The Labute approximate surface area is 108 Å². The van der Waals surface area contributed by atoms with E-state index in [9.17, 15) is 9.90 Å². The average molecular weight is 250 g/mol. The highest BCUT2D eigenvalue weighted by atomic mass is 16.3. The van der Waals surface area contributed by atoms with Gasteiger partial charge in [0.15, 0.2) is 0 Å². The highest BCUT2D eigenvalue weighted by molar-refractivity contribution is 5.96. The van der Waals surface area contributed by atoms with Crippen molar-refractivity contribution in [1.82, 2.24) is 5.32 Å². The molecule has 0 aromatic heterocycles. The van der Waals surface area contributed by atoms with E-state index in [1.165, 1.54) is 0 Å². The number of aromatic hydroxyl groups is 1. The first-order valence-corrected chi connectivity index (χ1v) is 6.23. The zero-order valence-corrected chi connectivity index (χ0v) is 11.2. The minimum Gasteiger partial charge on any atom is -0.507 e. The van der Waals surface area contributed by atoms with Gasteiger partial charge in [0.1, 0.15) is 5.75 Å². The second-order valence-corrected chi connectivity index (χ2v) is 5.12. The summed E-state index contributed by atoms with van der Waals surface area (Å²) in [4.78, 5) is 11.8. The van der Waals surface area contributed by atoms with Gasteiger partial charge in [-0.1, -0.05) is 19.9 Å². The van der Waals surface area contributed by atoms with Crippen LogP contribution in [-0.2, 0) is 0 Å². The number of carbonyl (C=O) groups excluding carboxylic acids is 1. The first kappa shape index (κ1) is 14.5. The quantitative estimate of drug-likeness (QED) is 0.746. The molecule has 4 heteroatoms. The minimum absolute atomic E-state index is 0.00457. The van der Waals surface area contributed by atoms with Crippen LogP contribution in [0.25, 0.3) is 0 Å². The average Bonchev–Trinajstić information content (AvgIpc) is 2.25. The van der Waals surface area contributed by atoms with Crippen molar-refractivity contribution < 1.29 is 9.90 Å². The van der Waals surface area contributed by atoms with Gasteiger partial charge in [-0.3, -0.25) is 4.79 Å². The van der Waals surface area contributed by atoms with Gasteiger partial charge < -0.3 is 16.2 Å². The number of benzene rings is 1. The number of rotatable bonds is 5. The fourth-order valence-corrected chi connectivity index (χ4v) is 1.84. The molecule has 0 spiro atoms. The fraction of sp³-hybridized carbons (Fsp3) is 0.500. The van der Waals surface area contributed by atoms with Crippen molar-refractivity contribution in [3.8, 4) is 5.75 Å². The number of hydrogen-bond acceptors (Lipinski definition) is 3. The topological polar surface area (TPSA) is 75.4 Å². The van der Waals surface area contributed by atoms with Crippen LogP contribution in [0.2, 0.25) is 0 Å².